The number of hydrogen-bond acceptors (Lipinski definition) is 3. The minimum Gasteiger partial charge on any atom is -0.263 e. The molecule has 4 nitrogen and oxygen atoms in total. The fourth-order valence-corrected chi connectivity index (χ4v) is 3.23. The monoisotopic (exact) mass is 316 g/mol. The van der Waals surface area contributed by atoms with Crippen LogP contribution in [0.1, 0.15) is 5.56 Å². The zero-order valence-electron chi connectivity index (χ0n) is 9.89. The molecule has 0 amide bonds. The first-order valence-corrected chi connectivity index (χ1v) is 7.53. The van der Waals surface area contributed by atoms with Crippen LogP contribution in [0.2, 0.25) is 10.0 Å². The molecule has 1 N–H and O–H groups in total. The molecular formula is C12H10Cl2N2O2S. The number of pyridine rings is 1. The van der Waals surface area contributed by atoms with Gasteiger partial charge in [-0.1, -0.05) is 23.2 Å². The Morgan fingerprint density at radius 1 is 1.16 bits per heavy atom. The van der Waals surface area contributed by atoms with Gasteiger partial charge in [-0.25, -0.2) is 13.4 Å². The van der Waals surface area contributed by atoms with E-state index < -0.39 is 10.0 Å². The summed E-state index contributed by atoms with van der Waals surface area (Å²) in [6.45, 7) is 1.84. The van der Waals surface area contributed by atoms with Gasteiger partial charge >= 0.3 is 0 Å². The van der Waals surface area contributed by atoms with Crippen molar-refractivity contribution in [3.8, 4) is 0 Å². The molecule has 0 fully saturated rings. The van der Waals surface area contributed by atoms with E-state index in [4.69, 9.17) is 23.2 Å². The fourth-order valence-electron chi connectivity index (χ4n) is 1.47. The molecule has 2 rings (SSSR count). The van der Waals surface area contributed by atoms with Gasteiger partial charge in [-0.15, -0.1) is 0 Å². The van der Waals surface area contributed by atoms with Crippen molar-refractivity contribution in [2.75, 3.05) is 4.72 Å². The molecule has 0 spiro atoms. The van der Waals surface area contributed by atoms with Gasteiger partial charge in [0.1, 0.15) is 10.7 Å². The van der Waals surface area contributed by atoms with E-state index in [1.807, 2.05) is 6.92 Å². The standard InChI is InChI=1S/C12H10Cl2N2O2S/c1-8-4-5-15-12(6-8)16-19(17,18)11-7-9(13)2-3-10(11)14/h2-7H,1H3,(H,15,16). The molecule has 1 aromatic carbocycles. The van der Waals surface area contributed by atoms with Crippen molar-refractivity contribution in [2.45, 2.75) is 11.8 Å². The lowest BCUT2D eigenvalue weighted by Crippen LogP contribution is -2.14. The summed E-state index contributed by atoms with van der Waals surface area (Å²) in [4.78, 5) is 3.86. The first-order chi connectivity index (χ1) is 8.88. The van der Waals surface area contributed by atoms with Crippen LogP contribution in [-0.2, 0) is 10.0 Å². The molecule has 1 aromatic heterocycles. The third kappa shape index (κ3) is 3.37. The molecule has 0 atom stereocenters. The van der Waals surface area contributed by atoms with Gasteiger partial charge in [0.25, 0.3) is 10.0 Å². The molecule has 0 bridgehead atoms. The molecule has 0 aliphatic carbocycles. The van der Waals surface area contributed by atoms with Crippen LogP contribution < -0.4 is 4.72 Å². The summed E-state index contributed by atoms with van der Waals surface area (Å²) in [5, 5.41) is 0.395. The second-order valence-corrected chi connectivity index (χ2v) is 6.39. The van der Waals surface area contributed by atoms with E-state index in [-0.39, 0.29) is 15.7 Å². The van der Waals surface area contributed by atoms with Crippen LogP contribution in [0.3, 0.4) is 0 Å². The molecule has 1 heterocycles. The van der Waals surface area contributed by atoms with Crippen LogP contribution in [0.4, 0.5) is 5.82 Å². The number of nitrogens with one attached hydrogen (secondary N) is 1. The number of hydrogen-bond donors (Lipinski definition) is 1. The lowest BCUT2D eigenvalue weighted by molar-refractivity contribution is 0.601. The van der Waals surface area contributed by atoms with Crippen molar-refractivity contribution in [3.63, 3.8) is 0 Å². The number of aryl methyl sites for hydroxylation is 1. The van der Waals surface area contributed by atoms with Crippen molar-refractivity contribution < 1.29 is 8.42 Å². The molecule has 0 saturated carbocycles. The first kappa shape index (κ1) is 14.1. The minimum absolute atomic E-state index is 0.0787. The SMILES string of the molecule is Cc1ccnc(NS(=O)(=O)c2cc(Cl)ccc2Cl)c1. The summed E-state index contributed by atoms with van der Waals surface area (Å²) < 4.78 is 26.7. The molecule has 100 valence electrons. The Balaban J connectivity index is 2.40. The van der Waals surface area contributed by atoms with E-state index >= 15 is 0 Å². The maximum Gasteiger partial charge on any atom is 0.264 e. The molecule has 0 aliphatic heterocycles. The number of halogens is 2. The van der Waals surface area contributed by atoms with Crippen molar-refractivity contribution in [1.82, 2.24) is 4.98 Å². The van der Waals surface area contributed by atoms with E-state index in [0.717, 1.165) is 5.56 Å². The maximum atomic E-state index is 12.2. The zero-order chi connectivity index (χ0) is 14.0. The van der Waals surface area contributed by atoms with Crippen LogP contribution in [0, 0.1) is 6.92 Å². The van der Waals surface area contributed by atoms with Gasteiger partial charge in [-0.2, -0.15) is 0 Å². The highest BCUT2D eigenvalue weighted by atomic mass is 35.5. The van der Waals surface area contributed by atoms with Crippen molar-refractivity contribution in [2.24, 2.45) is 0 Å². The van der Waals surface area contributed by atoms with Gasteiger partial charge in [-0.05, 0) is 42.8 Å². The largest absolute Gasteiger partial charge is 0.264 e. The molecule has 19 heavy (non-hydrogen) atoms. The minimum atomic E-state index is -3.81. The van der Waals surface area contributed by atoms with Crippen LogP contribution in [0.25, 0.3) is 0 Å². The second-order valence-electron chi connectivity index (χ2n) is 3.90. The smallest absolute Gasteiger partial charge is 0.263 e. The quantitative estimate of drug-likeness (QED) is 0.942. The highest BCUT2D eigenvalue weighted by Gasteiger charge is 2.19. The number of nitrogens with zero attached hydrogens (tertiary/aromatic N) is 1. The Morgan fingerprint density at radius 3 is 2.58 bits per heavy atom. The fraction of sp³-hybridized carbons (Fsp3) is 0.0833. The Kier molecular flexibility index (Phi) is 3.99. The van der Waals surface area contributed by atoms with Crippen molar-refractivity contribution in [1.29, 1.82) is 0 Å². The van der Waals surface area contributed by atoms with Crippen LogP contribution in [0.5, 0.6) is 0 Å². The molecule has 0 aliphatic rings. The van der Waals surface area contributed by atoms with Crippen LogP contribution >= 0.6 is 23.2 Å². The number of aromatic nitrogens is 1. The van der Waals surface area contributed by atoms with E-state index in [1.54, 1.807) is 12.1 Å². The molecule has 0 saturated heterocycles. The van der Waals surface area contributed by atoms with Crippen molar-refractivity contribution in [3.05, 3.63) is 52.1 Å². The molecule has 7 heteroatoms. The highest BCUT2D eigenvalue weighted by molar-refractivity contribution is 7.92. The Morgan fingerprint density at radius 2 is 1.89 bits per heavy atom. The Bertz CT molecular complexity index is 717. The topological polar surface area (TPSA) is 59.1 Å². The summed E-state index contributed by atoms with van der Waals surface area (Å²) in [5.41, 5.74) is 0.893. The number of sulfonamides is 1. The summed E-state index contributed by atoms with van der Waals surface area (Å²) in [6, 6.07) is 7.64. The molecule has 2 aromatic rings. The average Bonchev–Trinajstić information content (AvgIpc) is 2.31. The summed E-state index contributed by atoms with van der Waals surface area (Å²) >= 11 is 11.7. The third-order valence-electron chi connectivity index (χ3n) is 2.34. The molecule has 0 radical (unpaired) electrons. The second kappa shape index (κ2) is 5.36. The van der Waals surface area contributed by atoms with Gasteiger partial charge in [0.2, 0.25) is 0 Å². The Hall–Kier alpha value is -1.30. The zero-order valence-corrected chi connectivity index (χ0v) is 12.2. The summed E-state index contributed by atoms with van der Waals surface area (Å²) in [5.74, 6) is 0.232. The predicted octanol–water partition coefficient (Wildman–Crippen LogP) is 3.50. The number of benzene rings is 1. The normalized spacial score (nSPS) is 11.3. The lowest BCUT2D eigenvalue weighted by atomic mass is 10.3. The van der Waals surface area contributed by atoms with Gasteiger partial charge < -0.3 is 0 Å². The van der Waals surface area contributed by atoms with Gasteiger partial charge in [0.15, 0.2) is 0 Å². The maximum absolute atomic E-state index is 12.2. The predicted molar refractivity (Wildman–Crippen MR) is 76.2 cm³/mol. The van der Waals surface area contributed by atoms with Gasteiger partial charge in [-0.3, -0.25) is 4.72 Å². The van der Waals surface area contributed by atoms with E-state index in [1.165, 1.54) is 24.4 Å². The summed E-state index contributed by atoms with van der Waals surface area (Å²) in [7, 11) is -3.81. The highest BCUT2D eigenvalue weighted by Crippen LogP contribution is 2.26. The van der Waals surface area contributed by atoms with Gasteiger partial charge in [0, 0.05) is 11.2 Å². The molecular weight excluding hydrogens is 307 g/mol. The van der Waals surface area contributed by atoms with Crippen molar-refractivity contribution >= 4 is 39.0 Å². The van der Waals surface area contributed by atoms with Crippen LogP contribution in [-0.4, -0.2) is 13.4 Å². The summed E-state index contributed by atoms with van der Waals surface area (Å²) in [6.07, 6.45) is 1.52. The van der Waals surface area contributed by atoms with Gasteiger partial charge in [0.05, 0.1) is 5.02 Å². The first-order valence-electron chi connectivity index (χ1n) is 5.29. The third-order valence-corrected chi connectivity index (χ3v) is 4.41. The average molecular weight is 317 g/mol. The Labute approximate surface area is 121 Å². The number of anilines is 1. The number of rotatable bonds is 3. The van der Waals surface area contributed by atoms with E-state index in [9.17, 15) is 8.42 Å². The van der Waals surface area contributed by atoms with E-state index in [0.29, 0.717) is 5.02 Å². The molecule has 0 unspecified atom stereocenters. The van der Waals surface area contributed by atoms with E-state index in [2.05, 4.69) is 9.71 Å². The lowest BCUT2D eigenvalue weighted by Gasteiger charge is -2.09. The van der Waals surface area contributed by atoms with Crippen LogP contribution in [0.15, 0.2) is 41.4 Å².